The van der Waals surface area contributed by atoms with Gasteiger partial charge in [-0.3, -0.25) is 0 Å². The molecule has 98 valence electrons. The summed E-state index contributed by atoms with van der Waals surface area (Å²) < 4.78 is 2.60. The van der Waals surface area contributed by atoms with Gasteiger partial charge in [-0.15, -0.1) is 5.10 Å². The van der Waals surface area contributed by atoms with Gasteiger partial charge in [0, 0.05) is 6.20 Å². The Hall–Kier alpha value is -1.14. The Labute approximate surface area is 114 Å². The zero-order chi connectivity index (χ0) is 13.1. The van der Waals surface area contributed by atoms with Crippen molar-refractivity contribution in [1.82, 2.24) is 14.6 Å². The fraction of sp³-hybridized carbons (Fsp3) is 0.500. The van der Waals surface area contributed by atoms with E-state index in [2.05, 4.69) is 45.2 Å². The van der Waals surface area contributed by atoms with Crippen LogP contribution in [0, 0.1) is 5.92 Å². The third-order valence-corrected chi connectivity index (χ3v) is 3.24. The molecular weight excluding hydrogens is 296 g/mol. The molecule has 2 heterocycles. The molecule has 0 bridgehead atoms. The van der Waals surface area contributed by atoms with Crippen LogP contribution in [0.2, 0.25) is 0 Å². The third kappa shape index (κ3) is 3.00. The first-order chi connectivity index (χ1) is 8.60. The molecule has 0 spiro atoms. The molecule has 0 amide bonds. The Morgan fingerprint density at radius 3 is 2.89 bits per heavy atom. The van der Waals surface area contributed by atoms with E-state index < -0.39 is 0 Å². The number of aromatic nitrogens is 3. The van der Waals surface area contributed by atoms with Crippen LogP contribution >= 0.6 is 15.9 Å². The molecule has 2 N–H and O–H groups in total. The van der Waals surface area contributed by atoms with Crippen LogP contribution in [0.25, 0.3) is 5.65 Å². The van der Waals surface area contributed by atoms with Gasteiger partial charge < -0.3 is 10.4 Å². The topological polar surface area (TPSA) is 62.5 Å². The summed E-state index contributed by atoms with van der Waals surface area (Å²) in [6.45, 7) is 4.32. The lowest BCUT2D eigenvalue weighted by Gasteiger charge is -2.16. The summed E-state index contributed by atoms with van der Waals surface area (Å²) in [6, 6.07) is 3.81. The van der Waals surface area contributed by atoms with Crippen LogP contribution < -0.4 is 5.32 Å². The number of nitrogens with zero attached hydrogens (tertiary/aromatic N) is 3. The van der Waals surface area contributed by atoms with E-state index in [1.165, 1.54) is 0 Å². The Bertz CT molecular complexity index is 526. The molecule has 0 aliphatic carbocycles. The maximum absolute atomic E-state index is 9.33. The Morgan fingerprint density at radius 2 is 2.28 bits per heavy atom. The zero-order valence-electron chi connectivity index (χ0n) is 10.5. The van der Waals surface area contributed by atoms with Gasteiger partial charge in [-0.1, -0.05) is 13.8 Å². The predicted octanol–water partition coefficient (Wildman–Crippen LogP) is 2.31. The van der Waals surface area contributed by atoms with Gasteiger partial charge in [-0.05, 0) is 40.4 Å². The molecule has 6 heteroatoms. The highest BCUT2D eigenvalue weighted by molar-refractivity contribution is 9.10. The average molecular weight is 313 g/mol. The van der Waals surface area contributed by atoms with Crippen molar-refractivity contribution in [1.29, 1.82) is 0 Å². The van der Waals surface area contributed by atoms with Crippen molar-refractivity contribution >= 4 is 27.5 Å². The highest BCUT2D eigenvalue weighted by Gasteiger charge is 2.13. The van der Waals surface area contributed by atoms with Gasteiger partial charge in [0.05, 0.1) is 17.1 Å². The van der Waals surface area contributed by atoms with Gasteiger partial charge in [0.25, 0.3) is 0 Å². The number of aliphatic hydroxyl groups is 1. The number of rotatable bonds is 5. The van der Waals surface area contributed by atoms with E-state index in [0.29, 0.717) is 11.9 Å². The Balaban J connectivity index is 2.18. The normalized spacial score (nSPS) is 13.2. The van der Waals surface area contributed by atoms with Crippen LogP contribution in [0.1, 0.15) is 20.3 Å². The standard InChI is InChI=1S/C12H17BrN4O/c1-8(2)6-9(7-18)14-12-15-11-10(13)4-3-5-17(11)16-12/h3-5,8-9,18H,6-7H2,1-2H3,(H,14,16). The highest BCUT2D eigenvalue weighted by Crippen LogP contribution is 2.17. The summed E-state index contributed by atoms with van der Waals surface area (Å²) in [5.41, 5.74) is 0.765. The summed E-state index contributed by atoms with van der Waals surface area (Å²) in [4.78, 5) is 4.39. The molecule has 5 nitrogen and oxygen atoms in total. The summed E-state index contributed by atoms with van der Waals surface area (Å²) in [5, 5.41) is 16.8. The first-order valence-corrected chi connectivity index (χ1v) is 6.77. The van der Waals surface area contributed by atoms with E-state index in [1.807, 2.05) is 18.3 Å². The number of anilines is 1. The van der Waals surface area contributed by atoms with Crippen LogP contribution in [0.15, 0.2) is 22.8 Å². The van der Waals surface area contributed by atoms with Crippen LogP contribution in [0.3, 0.4) is 0 Å². The first kappa shape index (κ1) is 13.3. The number of fused-ring (bicyclic) bond motifs is 1. The Kier molecular flexibility index (Phi) is 4.19. The second-order valence-corrected chi connectivity index (χ2v) is 5.57. The van der Waals surface area contributed by atoms with Crippen molar-refractivity contribution in [2.75, 3.05) is 11.9 Å². The van der Waals surface area contributed by atoms with Crippen LogP contribution in [0.4, 0.5) is 5.95 Å². The van der Waals surface area contributed by atoms with Gasteiger partial charge in [-0.2, -0.15) is 4.98 Å². The summed E-state index contributed by atoms with van der Waals surface area (Å²) in [6.07, 6.45) is 2.72. The summed E-state index contributed by atoms with van der Waals surface area (Å²) in [5.74, 6) is 1.06. The van der Waals surface area contributed by atoms with Crippen molar-refractivity contribution in [3.8, 4) is 0 Å². The van der Waals surface area contributed by atoms with Crippen LogP contribution in [-0.2, 0) is 0 Å². The quantitative estimate of drug-likeness (QED) is 0.889. The van der Waals surface area contributed by atoms with Crippen molar-refractivity contribution in [2.45, 2.75) is 26.3 Å². The smallest absolute Gasteiger partial charge is 0.243 e. The molecule has 2 aromatic heterocycles. The molecule has 0 fully saturated rings. The number of halogens is 1. The van der Waals surface area contributed by atoms with E-state index >= 15 is 0 Å². The van der Waals surface area contributed by atoms with E-state index in [1.54, 1.807) is 4.52 Å². The van der Waals surface area contributed by atoms with Crippen molar-refractivity contribution in [3.63, 3.8) is 0 Å². The lowest BCUT2D eigenvalue weighted by molar-refractivity contribution is 0.259. The second-order valence-electron chi connectivity index (χ2n) is 4.71. The number of hydrogen-bond donors (Lipinski definition) is 2. The Morgan fingerprint density at radius 1 is 1.50 bits per heavy atom. The summed E-state index contributed by atoms with van der Waals surface area (Å²) >= 11 is 3.43. The van der Waals surface area contributed by atoms with Gasteiger partial charge in [0.1, 0.15) is 0 Å². The fourth-order valence-corrected chi connectivity index (χ4v) is 2.29. The molecule has 1 atom stereocenters. The molecule has 0 aliphatic heterocycles. The minimum Gasteiger partial charge on any atom is -0.394 e. The molecule has 2 rings (SSSR count). The van der Waals surface area contributed by atoms with E-state index in [0.717, 1.165) is 16.5 Å². The SMILES string of the molecule is CC(C)CC(CO)Nc1nc2c(Br)cccn2n1. The third-order valence-electron chi connectivity index (χ3n) is 2.62. The van der Waals surface area contributed by atoms with Crippen molar-refractivity contribution < 1.29 is 5.11 Å². The first-order valence-electron chi connectivity index (χ1n) is 5.98. The van der Waals surface area contributed by atoms with Crippen molar-refractivity contribution in [2.24, 2.45) is 5.92 Å². The van der Waals surface area contributed by atoms with Gasteiger partial charge in [0.2, 0.25) is 5.95 Å². The molecule has 0 saturated carbocycles. The summed E-state index contributed by atoms with van der Waals surface area (Å²) in [7, 11) is 0. The van der Waals surface area contributed by atoms with Crippen LogP contribution in [0.5, 0.6) is 0 Å². The van der Waals surface area contributed by atoms with E-state index in [9.17, 15) is 5.11 Å². The maximum Gasteiger partial charge on any atom is 0.243 e. The average Bonchev–Trinajstić information content (AvgIpc) is 2.71. The lowest BCUT2D eigenvalue weighted by atomic mass is 10.0. The predicted molar refractivity (Wildman–Crippen MR) is 74.6 cm³/mol. The number of hydrogen-bond acceptors (Lipinski definition) is 4. The van der Waals surface area contributed by atoms with Gasteiger partial charge in [-0.25, -0.2) is 4.52 Å². The van der Waals surface area contributed by atoms with Gasteiger partial charge >= 0.3 is 0 Å². The van der Waals surface area contributed by atoms with Gasteiger partial charge in [0.15, 0.2) is 5.65 Å². The number of pyridine rings is 1. The largest absolute Gasteiger partial charge is 0.394 e. The van der Waals surface area contributed by atoms with Crippen LogP contribution in [-0.4, -0.2) is 32.4 Å². The molecule has 0 radical (unpaired) electrons. The molecule has 2 aromatic rings. The zero-order valence-corrected chi connectivity index (χ0v) is 12.1. The minimum absolute atomic E-state index is 0.0128. The van der Waals surface area contributed by atoms with E-state index in [4.69, 9.17) is 0 Å². The maximum atomic E-state index is 9.33. The molecule has 1 unspecified atom stereocenters. The fourth-order valence-electron chi connectivity index (χ4n) is 1.87. The molecular formula is C12H17BrN4O. The lowest BCUT2D eigenvalue weighted by Crippen LogP contribution is -2.26. The van der Waals surface area contributed by atoms with E-state index in [-0.39, 0.29) is 12.6 Å². The minimum atomic E-state index is -0.0128. The second kappa shape index (κ2) is 5.67. The number of aliphatic hydroxyl groups excluding tert-OH is 1. The van der Waals surface area contributed by atoms with Crippen molar-refractivity contribution in [3.05, 3.63) is 22.8 Å². The molecule has 18 heavy (non-hydrogen) atoms. The molecule has 0 aliphatic rings. The molecule has 0 saturated heterocycles. The highest BCUT2D eigenvalue weighted by atomic mass is 79.9. The number of nitrogens with one attached hydrogen (secondary N) is 1. The molecule has 0 aromatic carbocycles. The monoisotopic (exact) mass is 312 g/mol.